The number of anilines is 1. The van der Waals surface area contributed by atoms with E-state index in [1.54, 1.807) is 30.6 Å². The molecule has 3 aromatic rings. The molecule has 37 heavy (non-hydrogen) atoms. The van der Waals surface area contributed by atoms with Crippen LogP contribution in [0.4, 0.5) is 10.6 Å². The van der Waals surface area contributed by atoms with Crippen LogP contribution < -0.4 is 10.1 Å². The number of rotatable bonds is 5. The zero-order valence-corrected chi connectivity index (χ0v) is 21.0. The van der Waals surface area contributed by atoms with E-state index in [1.165, 1.54) is 23.3 Å². The van der Waals surface area contributed by atoms with E-state index in [1.807, 2.05) is 6.07 Å². The standard InChI is InChI=1S/C29H31N5O3/c1-33-15-9-21(10-16-33)20-2-4-22(5-3-20)25-18-23(8-14-30-25)37-24-6-7-26(31-19-24)32-28(36)34-17-13-29(11-12-29)27(34)35/h2-8,14,18-19,21H,9-13,15-17H2,1H3,(H,31,32,36). The Hall–Kier alpha value is -3.78. The molecule has 1 aromatic carbocycles. The van der Waals surface area contributed by atoms with Gasteiger partial charge in [-0.25, -0.2) is 9.78 Å². The fraction of sp³-hybridized carbons (Fsp3) is 0.379. The summed E-state index contributed by atoms with van der Waals surface area (Å²) in [6, 6.07) is 15.4. The summed E-state index contributed by atoms with van der Waals surface area (Å²) >= 11 is 0. The van der Waals surface area contributed by atoms with E-state index in [-0.39, 0.29) is 11.3 Å². The second kappa shape index (κ2) is 9.59. The molecule has 2 aromatic heterocycles. The SMILES string of the molecule is CN1CCC(c2ccc(-c3cc(Oc4ccc(NC(=O)N5CCC6(CC6)C5=O)nc4)ccn3)cc2)CC1. The average Bonchev–Trinajstić information content (AvgIpc) is 3.64. The molecule has 0 radical (unpaired) electrons. The van der Waals surface area contributed by atoms with Crippen molar-refractivity contribution < 1.29 is 14.3 Å². The van der Waals surface area contributed by atoms with Gasteiger partial charge in [-0.05, 0) is 81.9 Å². The number of nitrogens with one attached hydrogen (secondary N) is 1. The van der Waals surface area contributed by atoms with E-state index in [2.05, 4.69) is 51.5 Å². The first kappa shape index (κ1) is 23.6. The summed E-state index contributed by atoms with van der Waals surface area (Å²) in [6.07, 6.45) is 8.23. The van der Waals surface area contributed by atoms with E-state index < -0.39 is 6.03 Å². The quantitative estimate of drug-likeness (QED) is 0.515. The fourth-order valence-electron chi connectivity index (χ4n) is 5.36. The first-order valence-corrected chi connectivity index (χ1v) is 13.0. The molecule has 1 spiro atoms. The van der Waals surface area contributed by atoms with Gasteiger partial charge in [0.2, 0.25) is 5.91 Å². The van der Waals surface area contributed by atoms with Gasteiger partial charge < -0.3 is 9.64 Å². The number of piperidine rings is 1. The first-order chi connectivity index (χ1) is 18.0. The van der Waals surface area contributed by atoms with Gasteiger partial charge in [-0.2, -0.15) is 0 Å². The molecule has 3 fully saturated rings. The summed E-state index contributed by atoms with van der Waals surface area (Å²) in [4.78, 5) is 37.5. The van der Waals surface area contributed by atoms with E-state index in [0.717, 1.165) is 43.6 Å². The molecule has 2 saturated heterocycles. The average molecular weight is 498 g/mol. The lowest BCUT2D eigenvalue weighted by atomic mass is 9.89. The van der Waals surface area contributed by atoms with E-state index in [4.69, 9.17) is 4.74 Å². The van der Waals surface area contributed by atoms with Crippen molar-refractivity contribution in [1.29, 1.82) is 0 Å². The van der Waals surface area contributed by atoms with Crippen LogP contribution in [0.3, 0.4) is 0 Å². The Kier molecular flexibility index (Phi) is 6.12. The van der Waals surface area contributed by atoms with Crippen molar-refractivity contribution >= 4 is 17.8 Å². The summed E-state index contributed by atoms with van der Waals surface area (Å²) in [7, 11) is 2.18. The van der Waals surface area contributed by atoms with E-state index in [9.17, 15) is 9.59 Å². The van der Waals surface area contributed by atoms with Crippen LogP contribution in [0, 0.1) is 5.41 Å². The summed E-state index contributed by atoms with van der Waals surface area (Å²) in [5.41, 5.74) is 3.01. The first-order valence-electron chi connectivity index (χ1n) is 13.0. The van der Waals surface area contributed by atoms with Gasteiger partial charge in [0.1, 0.15) is 17.3 Å². The van der Waals surface area contributed by atoms with Crippen LogP contribution in [-0.2, 0) is 4.79 Å². The molecule has 190 valence electrons. The highest BCUT2D eigenvalue weighted by molar-refractivity contribution is 6.05. The summed E-state index contributed by atoms with van der Waals surface area (Å²) in [6.45, 7) is 2.76. The maximum absolute atomic E-state index is 12.5. The molecular formula is C29H31N5O3. The zero-order chi connectivity index (χ0) is 25.4. The van der Waals surface area contributed by atoms with Crippen LogP contribution in [-0.4, -0.2) is 58.4 Å². The zero-order valence-electron chi connectivity index (χ0n) is 21.0. The number of hydrogen-bond donors (Lipinski definition) is 1. The van der Waals surface area contributed by atoms with Crippen molar-refractivity contribution in [1.82, 2.24) is 19.8 Å². The number of carbonyl (C=O) groups is 2. The summed E-state index contributed by atoms with van der Waals surface area (Å²) in [5, 5.41) is 2.72. The molecule has 0 bridgehead atoms. The van der Waals surface area contributed by atoms with Crippen LogP contribution in [0.5, 0.6) is 11.5 Å². The molecule has 1 aliphatic carbocycles. The van der Waals surface area contributed by atoms with Gasteiger partial charge in [0, 0.05) is 24.4 Å². The number of urea groups is 1. The number of ether oxygens (including phenoxy) is 1. The smallest absolute Gasteiger partial charge is 0.329 e. The van der Waals surface area contributed by atoms with Gasteiger partial charge in [0.05, 0.1) is 17.3 Å². The molecule has 3 amide bonds. The number of likely N-dealkylation sites (tertiary alicyclic amines) is 2. The number of carbonyl (C=O) groups excluding carboxylic acids is 2. The van der Waals surface area contributed by atoms with Crippen molar-refractivity contribution in [3.63, 3.8) is 0 Å². The molecule has 1 N–H and O–H groups in total. The maximum Gasteiger partial charge on any atom is 0.329 e. The van der Waals surface area contributed by atoms with Crippen molar-refractivity contribution in [3.05, 3.63) is 66.5 Å². The van der Waals surface area contributed by atoms with Crippen molar-refractivity contribution in [2.24, 2.45) is 5.41 Å². The lowest BCUT2D eigenvalue weighted by molar-refractivity contribution is -0.129. The lowest BCUT2D eigenvalue weighted by Gasteiger charge is -2.29. The Bertz CT molecular complexity index is 1300. The van der Waals surface area contributed by atoms with Gasteiger partial charge in [-0.1, -0.05) is 24.3 Å². The monoisotopic (exact) mass is 497 g/mol. The van der Waals surface area contributed by atoms with Gasteiger partial charge in [-0.15, -0.1) is 0 Å². The van der Waals surface area contributed by atoms with Crippen molar-refractivity contribution in [2.75, 3.05) is 32.0 Å². The molecule has 0 unspecified atom stereocenters. The molecule has 4 heterocycles. The molecule has 6 rings (SSSR count). The summed E-state index contributed by atoms with van der Waals surface area (Å²) < 4.78 is 6.00. The Morgan fingerprint density at radius 1 is 0.973 bits per heavy atom. The number of pyridine rings is 2. The number of imide groups is 1. The third kappa shape index (κ3) is 4.93. The number of nitrogens with zero attached hydrogens (tertiary/aromatic N) is 4. The fourth-order valence-corrected chi connectivity index (χ4v) is 5.36. The third-order valence-corrected chi connectivity index (χ3v) is 7.95. The molecule has 3 aliphatic rings. The molecule has 1 saturated carbocycles. The number of aromatic nitrogens is 2. The minimum atomic E-state index is -0.421. The van der Waals surface area contributed by atoms with E-state index in [0.29, 0.717) is 29.8 Å². The highest BCUT2D eigenvalue weighted by Gasteiger charge is 2.56. The van der Waals surface area contributed by atoms with E-state index >= 15 is 0 Å². The topological polar surface area (TPSA) is 87.7 Å². The lowest BCUT2D eigenvalue weighted by Crippen LogP contribution is -2.37. The normalized spacial score (nSPS) is 19.3. The van der Waals surface area contributed by atoms with Crippen LogP contribution >= 0.6 is 0 Å². The molecular weight excluding hydrogens is 466 g/mol. The highest BCUT2D eigenvalue weighted by atomic mass is 16.5. The van der Waals surface area contributed by atoms with Crippen molar-refractivity contribution in [3.8, 4) is 22.8 Å². The molecule has 0 atom stereocenters. The highest BCUT2D eigenvalue weighted by Crippen LogP contribution is 2.53. The predicted octanol–water partition coefficient (Wildman–Crippen LogP) is 5.29. The minimum Gasteiger partial charge on any atom is -0.456 e. The van der Waals surface area contributed by atoms with Crippen LogP contribution in [0.2, 0.25) is 0 Å². The van der Waals surface area contributed by atoms with Gasteiger partial charge >= 0.3 is 6.03 Å². The Morgan fingerprint density at radius 2 is 1.76 bits per heavy atom. The largest absolute Gasteiger partial charge is 0.456 e. The maximum atomic E-state index is 12.5. The third-order valence-electron chi connectivity index (χ3n) is 7.95. The Labute approximate surface area is 216 Å². The minimum absolute atomic E-state index is 0.0603. The van der Waals surface area contributed by atoms with Crippen molar-refractivity contribution in [2.45, 2.75) is 38.0 Å². The van der Waals surface area contributed by atoms with Crippen LogP contribution in [0.15, 0.2) is 60.9 Å². The molecule has 2 aliphatic heterocycles. The molecule has 8 heteroatoms. The van der Waals surface area contributed by atoms with Gasteiger partial charge in [0.25, 0.3) is 0 Å². The second-order valence-corrected chi connectivity index (χ2v) is 10.5. The van der Waals surface area contributed by atoms with Crippen LogP contribution in [0.25, 0.3) is 11.3 Å². The van der Waals surface area contributed by atoms with Crippen LogP contribution in [0.1, 0.15) is 43.6 Å². The second-order valence-electron chi connectivity index (χ2n) is 10.5. The number of hydrogen-bond acceptors (Lipinski definition) is 6. The van der Waals surface area contributed by atoms with Gasteiger partial charge in [0.15, 0.2) is 0 Å². The number of amides is 3. The Balaban J connectivity index is 1.07. The predicted molar refractivity (Wildman–Crippen MR) is 140 cm³/mol. The summed E-state index contributed by atoms with van der Waals surface area (Å²) in [5.74, 6) is 2.14. The molecule has 8 nitrogen and oxygen atoms in total. The Morgan fingerprint density at radius 3 is 2.43 bits per heavy atom. The van der Waals surface area contributed by atoms with Gasteiger partial charge in [-0.3, -0.25) is 20.0 Å². The number of benzene rings is 1.